The highest BCUT2D eigenvalue weighted by Gasteiger charge is 2.12. The topological polar surface area (TPSA) is 73.1 Å². The zero-order chi connectivity index (χ0) is 12.1. The molecule has 0 unspecified atom stereocenters. The van der Waals surface area contributed by atoms with Crippen LogP contribution in [0.1, 0.15) is 6.92 Å². The molecule has 0 aliphatic heterocycles. The Hall–Kier alpha value is -2.35. The Morgan fingerprint density at radius 1 is 1.56 bits per heavy atom. The summed E-state index contributed by atoms with van der Waals surface area (Å²) in [5.41, 5.74) is -0.178. The molecule has 5 heteroatoms. The van der Waals surface area contributed by atoms with Crippen molar-refractivity contribution in [1.82, 2.24) is 0 Å². The lowest BCUT2D eigenvalue weighted by Gasteiger charge is -2.04. The number of nitriles is 1. The summed E-state index contributed by atoms with van der Waals surface area (Å²) in [5.74, 6) is -1.65. The van der Waals surface area contributed by atoms with E-state index in [1.54, 1.807) is 6.07 Å². The average Bonchev–Trinajstić information content (AvgIpc) is 2.17. The zero-order valence-corrected chi connectivity index (χ0v) is 8.49. The van der Waals surface area contributed by atoms with Crippen molar-refractivity contribution >= 4 is 11.6 Å². The van der Waals surface area contributed by atoms with Crippen molar-refractivity contribution in [3.8, 4) is 6.07 Å². The highest BCUT2D eigenvalue weighted by atomic mass is 19.1. The summed E-state index contributed by atoms with van der Waals surface area (Å²) in [6, 6.07) is 6.80. The molecule has 0 bridgehead atoms. The van der Waals surface area contributed by atoms with Gasteiger partial charge in [-0.2, -0.15) is 5.26 Å². The molecule has 4 nitrogen and oxygen atoms in total. The van der Waals surface area contributed by atoms with E-state index in [9.17, 15) is 9.18 Å². The normalized spacial score (nSPS) is 11.3. The maximum Gasteiger partial charge on any atom is 0.269 e. The number of benzene rings is 1. The summed E-state index contributed by atoms with van der Waals surface area (Å²) in [4.78, 5) is 11.4. The molecule has 0 radical (unpaired) electrons. The van der Waals surface area contributed by atoms with Crippen LogP contribution < -0.4 is 5.32 Å². The molecular weight excluding hydrogens is 211 g/mol. The van der Waals surface area contributed by atoms with Gasteiger partial charge in [0.2, 0.25) is 0 Å². The van der Waals surface area contributed by atoms with Gasteiger partial charge in [0.05, 0.1) is 0 Å². The number of nitrogens with zero attached hydrogens (tertiary/aromatic N) is 1. The second-order valence-corrected chi connectivity index (χ2v) is 3.04. The van der Waals surface area contributed by atoms with E-state index in [0.29, 0.717) is 0 Å². The van der Waals surface area contributed by atoms with Gasteiger partial charge >= 0.3 is 0 Å². The summed E-state index contributed by atoms with van der Waals surface area (Å²) in [7, 11) is 0. The number of allylic oxidation sites excluding steroid dienone is 1. The molecule has 0 spiro atoms. The highest BCUT2D eigenvalue weighted by Crippen LogP contribution is 2.11. The molecule has 0 aliphatic carbocycles. The summed E-state index contributed by atoms with van der Waals surface area (Å²) in [5, 5.41) is 19.9. The number of aliphatic hydroxyl groups excluding tert-OH is 1. The first kappa shape index (κ1) is 11.7. The number of nitrogens with one attached hydrogen (secondary N) is 1. The largest absolute Gasteiger partial charge is 0.511 e. The number of halogens is 1. The zero-order valence-electron chi connectivity index (χ0n) is 8.49. The van der Waals surface area contributed by atoms with Gasteiger partial charge < -0.3 is 10.4 Å². The van der Waals surface area contributed by atoms with Gasteiger partial charge in [0.25, 0.3) is 5.91 Å². The lowest BCUT2D eigenvalue weighted by molar-refractivity contribution is -0.112. The summed E-state index contributed by atoms with van der Waals surface area (Å²) < 4.78 is 12.8. The van der Waals surface area contributed by atoms with Gasteiger partial charge in [-0.15, -0.1) is 0 Å². The van der Waals surface area contributed by atoms with Gasteiger partial charge in [-0.1, -0.05) is 6.07 Å². The fraction of sp³-hybridized carbons (Fsp3) is 0.0909. The number of rotatable bonds is 2. The number of carbonyl (C=O) groups is 1. The van der Waals surface area contributed by atoms with Crippen LogP contribution >= 0.6 is 0 Å². The predicted octanol–water partition coefficient (Wildman–Crippen LogP) is 2.12. The monoisotopic (exact) mass is 220 g/mol. The summed E-state index contributed by atoms with van der Waals surface area (Å²) in [6.45, 7) is 1.23. The van der Waals surface area contributed by atoms with E-state index < -0.39 is 17.3 Å². The van der Waals surface area contributed by atoms with E-state index in [-0.39, 0.29) is 11.4 Å². The first-order valence-corrected chi connectivity index (χ1v) is 4.41. The van der Waals surface area contributed by atoms with Crippen molar-refractivity contribution in [2.45, 2.75) is 6.92 Å². The number of aliphatic hydroxyl groups is 1. The van der Waals surface area contributed by atoms with Crippen LogP contribution in [0.15, 0.2) is 35.6 Å². The molecule has 0 heterocycles. The minimum Gasteiger partial charge on any atom is -0.511 e. The Labute approximate surface area is 91.6 Å². The first-order chi connectivity index (χ1) is 7.54. The molecule has 16 heavy (non-hydrogen) atoms. The molecule has 0 aliphatic rings. The highest BCUT2D eigenvalue weighted by molar-refractivity contribution is 6.06. The van der Waals surface area contributed by atoms with Gasteiger partial charge in [-0.3, -0.25) is 4.79 Å². The minimum absolute atomic E-state index is 0.221. The Morgan fingerprint density at radius 2 is 2.25 bits per heavy atom. The van der Waals surface area contributed by atoms with E-state index in [0.717, 1.165) is 6.07 Å². The summed E-state index contributed by atoms with van der Waals surface area (Å²) >= 11 is 0. The maximum atomic E-state index is 12.8. The van der Waals surface area contributed by atoms with Crippen molar-refractivity contribution < 1.29 is 14.3 Å². The first-order valence-electron chi connectivity index (χ1n) is 4.41. The molecule has 0 saturated heterocycles. The smallest absolute Gasteiger partial charge is 0.269 e. The molecular formula is C11H9FN2O2. The van der Waals surface area contributed by atoms with Gasteiger partial charge in [0.15, 0.2) is 5.57 Å². The number of amides is 1. The Morgan fingerprint density at radius 3 is 2.75 bits per heavy atom. The third kappa shape index (κ3) is 2.82. The standard InChI is InChI=1S/C11H9FN2O2/c1-7(15)10(6-13)11(16)14-9-4-2-3-8(12)5-9/h2-5,15H,1H3,(H,14,16)/b10-7+. The van der Waals surface area contributed by atoms with Crippen LogP contribution in [-0.4, -0.2) is 11.0 Å². The van der Waals surface area contributed by atoms with E-state index in [1.807, 2.05) is 0 Å². The van der Waals surface area contributed by atoms with Crippen molar-refractivity contribution in [3.05, 3.63) is 41.4 Å². The fourth-order valence-corrected chi connectivity index (χ4v) is 1.06. The Kier molecular flexibility index (Phi) is 3.62. The lowest BCUT2D eigenvalue weighted by atomic mass is 10.2. The fourth-order valence-electron chi connectivity index (χ4n) is 1.06. The van der Waals surface area contributed by atoms with Crippen molar-refractivity contribution in [2.75, 3.05) is 5.32 Å². The lowest BCUT2D eigenvalue weighted by Crippen LogP contribution is -2.14. The maximum absolute atomic E-state index is 12.8. The Balaban J connectivity index is 2.88. The van der Waals surface area contributed by atoms with Crippen LogP contribution in [0.3, 0.4) is 0 Å². The van der Waals surface area contributed by atoms with Gasteiger partial charge in [-0.05, 0) is 25.1 Å². The molecule has 0 saturated carbocycles. The van der Waals surface area contributed by atoms with Crippen molar-refractivity contribution in [2.24, 2.45) is 0 Å². The van der Waals surface area contributed by atoms with E-state index in [1.165, 1.54) is 25.1 Å². The van der Waals surface area contributed by atoms with Gasteiger partial charge in [0.1, 0.15) is 17.6 Å². The average molecular weight is 220 g/mol. The quantitative estimate of drug-likeness (QED) is 0.455. The van der Waals surface area contributed by atoms with E-state index in [2.05, 4.69) is 5.32 Å². The van der Waals surface area contributed by atoms with Gasteiger partial charge in [0, 0.05) is 5.69 Å². The molecule has 1 aromatic rings. The molecule has 2 N–H and O–H groups in total. The van der Waals surface area contributed by atoms with Crippen LogP contribution in [0.25, 0.3) is 0 Å². The van der Waals surface area contributed by atoms with E-state index >= 15 is 0 Å². The third-order valence-corrected chi connectivity index (χ3v) is 1.78. The second-order valence-electron chi connectivity index (χ2n) is 3.04. The van der Waals surface area contributed by atoms with Crippen LogP contribution in [0, 0.1) is 17.1 Å². The third-order valence-electron chi connectivity index (χ3n) is 1.78. The second kappa shape index (κ2) is 4.94. The van der Waals surface area contributed by atoms with Crippen LogP contribution in [0.4, 0.5) is 10.1 Å². The number of anilines is 1. The number of hydrogen-bond donors (Lipinski definition) is 2. The molecule has 0 aromatic heterocycles. The Bertz CT molecular complexity index is 485. The molecule has 82 valence electrons. The van der Waals surface area contributed by atoms with Crippen molar-refractivity contribution in [1.29, 1.82) is 5.26 Å². The van der Waals surface area contributed by atoms with E-state index in [4.69, 9.17) is 10.4 Å². The molecule has 1 aromatic carbocycles. The van der Waals surface area contributed by atoms with Gasteiger partial charge in [-0.25, -0.2) is 4.39 Å². The van der Waals surface area contributed by atoms with Crippen LogP contribution in [0.5, 0.6) is 0 Å². The minimum atomic E-state index is -0.770. The summed E-state index contributed by atoms with van der Waals surface area (Å²) in [6.07, 6.45) is 0. The number of hydrogen-bond acceptors (Lipinski definition) is 3. The number of carbonyl (C=O) groups excluding carboxylic acids is 1. The molecule has 0 atom stereocenters. The molecule has 0 fully saturated rings. The predicted molar refractivity (Wildman–Crippen MR) is 56.0 cm³/mol. The van der Waals surface area contributed by atoms with Crippen LogP contribution in [0.2, 0.25) is 0 Å². The van der Waals surface area contributed by atoms with Crippen molar-refractivity contribution in [3.63, 3.8) is 0 Å². The molecule has 1 rings (SSSR count). The molecule has 1 amide bonds. The SMILES string of the molecule is C/C(O)=C(/C#N)C(=O)Nc1cccc(F)c1. The van der Waals surface area contributed by atoms with Crippen LogP contribution in [-0.2, 0) is 4.79 Å².